The smallest absolute Gasteiger partial charge is 0.267 e. The Bertz CT molecular complexity index is 468. The maximum absolute atomic E-state index is 12.5. The standard InChI is InChI=1S/C14H24N4OS/c1-4-7-10(2)17(3)13(19)11-12(15)16-14(20-11)18-8-5-6-9-18/h10H,4-9,15H2,1-3H3. The van der Waals surface area contributed by atoms with Gasteiger partial charge in [0.15, 0.2) is 5.13 Å². The molecule has 6 heteroatoms. The van der Waals surface area contributed by atoms with Gasteiger partial charge in [0.1, 0.15) is 10.7 Å². The van der Waals surface area contributed by atoms with Crippen LogP contribution in [-0.4, -0.2) is 42.0 Å². The highest BCUT2D eigenvalue weighted by atomic mass is 32.1. The van der Waals surface area contributed by atoms with Crippen LogP contribution in [0.1, 0.15) is 49.2 Å². The third kappa shape index (κ3) is 3.06. The number of nitrogens with zero attached hydrogens (tertiary/aromatic N) is 3. The number of thiazole rings is 1. The van der Waals surface area contributed by atoms with Crippen molar-refractivity contribution in [2.24, 2.45) is 0 Å². The molecule has 1 atom stereocenters. The van der Waals surface area contributed by atoms with E-state index in [1.54, 1.807) is 4.90 Å². The first-order valence-corrected chi connectivity index (χ1v) is 8.14. The molecule has 0 aromatic carbocycles. The number of carbonyl (C=O) groups is 1. The minimum atomic E-state index is -0.00797. The number of anilines is 2. The monoisotopic (exact) mass is 296 g/mol. The van der Waals surface area contributed by atoms with E-state index in [0.29, 0.717) is 10.7 Å². The lowest BCUT2D eigenvalue weighted by Gasteiger charge is -2.24. The van der Waals surface area contributed by atoms with Crippen molar-refractivity contribution < 1.29 is 4.79 Å². The summed E-state index contributed by atoms with van der Waals surface area (Å²) in [6.45, 7) is 6.23. The first-order valence-electron chi connectivity index (χ1n) is 7.33. The molecule has 20 heavy (non-hydrogen) atoms. The lowest BCUT2D eigenvalue weighted by molar-refractivity contribution is 0.0742. The summed E-state index contributed by atoms with van der Waals surface area (Å²) < 4.78 is 0. The molecule has 0 saturated carbocycles. The minimum absolute atomic E-state index is 0.00797. The molecular formula is C14H24N4OS. The average molecular weight is 296 g/mol. The van der Waals surface area contributed by atoms with Crippen LogP contribution in [0.3, 0.4) is 0 Å². The molecule has 2 N–H and O–H groups in total. The highest BCUT2D eigenvalue weighted by molar-refractivity contribution is 7.18. The minimum Gasteiger partial charge on any atom is -0.382 e. The van der Waals surface area contributed by atoms with Gasteiger partial charge in [-0.3, -0.25) is 4.79 Å². The Morgan fingerprint density at radius 2 is 2.15 bits per heavy atom. The van der Waals surface area contributed by atoms with E-state index < -0.39 is 0 Å². The van der Waals surface area contributed by atoms with Crippen LogP contribution in [0.4, 0.5) is 10.9 Å². The van der Waals surface area contributed by atoms with Crippen LogP contribution in [-0.2, 0) is 0 Å². The van der Waals surface area contributed by atoms with Crippen LogP contribution in [0.25, 0.3) is 0 Å². The fraction of sp³-hybridized carbons (Fsp3) is 0.714. The second-order valence-corrected chi connectivity index (χ2v) is 6.44. The summed E-state index contributed by atoms with van der Waals surface area (Å²) in [6, 6.07) is 0.226. The van der Waals surface area contributed by atoms with Crippen LogP contribution in [0, 0.1) is 0 Å². The molecule has 5 nitrogen and oxygen atoms in total. The molecule has 0 spiro atoms. The van der Waals surface area contributed by atoms with Crippen LogP contribution in [0.5, 0.6) is 0 Å². The Kier molecular flexibility index (Phi) is 4.86. The highest BCUT2D eigenvalue weighted by Gasteiger charge is 2.25. The molecule has 112 valence electrons. The van der Waals surface area contributed by atoms with Gasteiger partial charge in [0.25, 0.3) is 5.91 Å². The molecule has 2 heterocycles. The molecule has 1 aliphatic rings. The summed E-state index contributed by atoms with van der Waals surface area (Å²) in [5, 5.41) is 0.889. The largest absolute Gasteiger partial charge is 0.382 e. The lowest BCUT2D eigenvalue weighted by Crippen LogP contribution is -2.34. The van der Waals surface area contributed by atoms with Crippen LogP contribution < -0.4 is 10.6 Å². The molecule has 0 radical (unpaired) electrons. The van der Waals surface area contributed by atoms with Gasteiger partial charge < -0.3 is 15.5 Å². The molecule has 1 fully saturated rings. The molecule has 1 aliphatic heterocycles. The number of hydrogen-bond acceptors (Lipinski definition) is 5. The SMILES string of the molecule is CCCC(C)N(C)C(=O)c1sc(N2CCCC2)nc1N. The van der Waals surface area contributed by atoms with Crippen molar-refractivity contribution >= 4 is 28.2 Å². The Morgan fingerprint density at radius 1 is 1.50 bits per heavy atom. The van der Waals surface area contributed by atoms with Gasteiger partial charge in [-0.15, -0.1) is 0 Å². The maximum atomic E-state index is 12.5. The third-order valence-corrected chi connectivity index (χ3v) is 5.02. The van der Waals surface area contributed by atoms with Crippen LogP contribution >= 0.6 is 11.3 Å². The highest BCUT2D eigenvalue weighted by Crippen LogP contribution is 2.31. The number of nitrogens with two attached hydrogens (primary N) is 1. The lowest BCUT2D eigenvalue weighted by atomic mass is 10.1. The molecular weight excluding hydrogens is 272 g/mol. The van der Waals surface area contributed by atoms with Gasteiger partial charge in [-0.1, -0.05) is 24.7 Å². The van der Waals surface area contributed by atoms with E-state index >= 15 is 0 Å². The number of amides is 1. The van der Waals surface area contributed by atoms with Crippen LogP contribution in [0.15, 0.2) is 0 Å². The summed E-state index contributed by atoms with van der Waals surface area (Å²) in [4.78, 5) is 21.5. The first kappa shape index (κ1) is 15.1. The van der Waals surface area contributed by atoms with E-state index in [0.717, 1.165) is 31.1 Å². The second-order valence-electron chi connectivity index (χ2n) is 5.46. The van der Waals surface area contributed by atoms with Crippen molar-refractivity contribution in [2.75, 3.05) is 30.8 Å². The Hall–Kier alpha value is -1.30. The first-order chi connectivity index (χ1) is 9.54. The predicted octanol–water partition coefficient (Wildman–Crippen LogP) is 2.59. The zero-order valence-corrected chi connectivity index (χ0v) is 13.4. The van der Waals surface area contributed by atoms with E-state index in [9.17, 15) is 4.79 Å². The normalized spacial score (nSPS) is 16.4. The molecule has 1 saturated heterocycles. The van der Waals surface area contributed by atoms with E-state index in [2.05, 4.69) is 23.7 Å². The van der Waals surface area contributed by atoms with Crippen molar-refractivity contribution in [1.82, 2.24) is 9.88 Å². The number of rotatable bonds is 5. The average Bonchev–Trinajstić information content (AvgIpc) is 3.06. The molecule has 0 aliphatic carbocycles. The Labute approximate surface area is 124 Å². The third-order valence-electron chi connectivity index (χ3n) is 3.90. The number of nitrogen functional groups attached to an aromatic ring is 1. The molecule has 1 amide bonds. The Morgan fingerprint density at radius 3 is 2.75 bits per heavy atom. The summed E-state index contributed by atoms with van der Waals surface area (Å²) >= 11 is 1.43. The van der Waals surface area contributed by atoms with Gasteiger partial charge >= 0.3 is 0 Å². The van der Waals surface area contributed by atoms with Crippen molar-refractivity contribution in [1.29, 1.82) is 0 Å². The Balaban J connectivity index is 2.13. The summed E-state index contributed by atoms with van der Waals surface area (Å²) in [6.07, 6.45) is 4.45. The fourth-order valence-electron chi connectivity index (χ4n) is 2.49. The molecule has 0 bridgehead atoms. The van der Waals surface area contributed by atoms with Gasteiger partial charge in [0.05, 0.1) is 0 Å². The van der Waals surface area contributed by atoms with Gasteiger partial charge in [0, 0.05) is 26.2 Å². The van der Waals surface area contributed by atoms with E-state index in [-0.39, 0.29) is 11.9 Å². The predicted molar refractivity (Wildman–Crippen MR) is 84.4 cm³/mol. The zero-order chi connectivity index (χ0) is 14.7. The zero-order valence-electron chi connectivity index (χ0n) is 12.6. The van der Waals surface area contributed by atoms with E-state index in [1.165, 1.54) is 24.2 Å². The van der Waals surface area contributed by atoms with Crippen molar-refractivity contribution in [3.8, 4) is 0 Å². The van der Waals surface area contributed by atoms with Gasteiger partial charge in [-0.05, 0) is 26.2 Å². The molecule has 1 aromatic heterocycles. The maximum Gasteiger partial charge on any atom is 0.267 e. The van der Waals surface area contributed by atoms with E-state index in [4.69, 9.17) is 5.73 Å². The summed E-state index contributed by atoms with van der Waals surface area (Å²) in [5.41, 5.74) is 5.95. The molecule has 1 aromatic rings. The van der Waals surface area contributed by atoms with Gasteiger partial charge in [-0.25, -0.2) is 4.98 Å². The second kappa shape index (κ2) is 6.43. The quantitative estimate of drug-likeness (QED) is 0.907. The summed E-state index contributed by atoms with van der Waals surface area (Å²) in [7, 11) is 1.84. The topological polar surface area (TPSA) is 62.5 Å². The number of hydrogen-bond donors (Lipinski definition) is 1. The molecule has 2 rings (SSSR count). The van der Waals surface area contributed by atoms with Crippen molar-refractivity contribution in [2.45, 2.75) is 45.6 Å². The summed E-state index contributed by atoms with van der Waals surface area (Å²) in [5.74, 6) is 0.365. The van der Waals surface area contributed by atoms with Gasteiger partial charge in [-0.2, -0.15) is 0 Å². The van der Waals surface area contributed by atoms with Crippen molar-refractivity contribution in [3.63, 3.8) is 0 Å². The fourth-order valence-corrected chi connectivity index (χ4v) is 3.51. The van der Waals surface area contributed by atoms with E-state index in [1.807, 2.05) is 7.05 Å². The van der Waals surface area contributed by atoms with Crippen LogP contribution in [0.2, 0.25) is 0 Å². The van der Waals surface area contributed by atoms with Gasteiger partial charge in [0.2, 0.25) is 0 Å². The van der Waals surface area contributed by atoms with Crippen molar-refractivity contribution in [3.05, 3.63) is 4.88 Å². The molecule has 1 unspecified atom stereocenters. The number of aromatic nitrogens is 1. The number of carbonyl (C=O) groups excluding carboxylic acids is 1.